The number of nitrogens with zero attached hydrogens (tertiary/aromatic N) is 1. The standard InChI is InChI=1S/C15H24N2O/c1-2-10-16-15-8-4-7-14(17-15)12-18-11-9-13-5-3-6-13/h4,7-8,13H,2-3,5-6,9-12H2,1H3,(H,16,17). The van der Waals surface area contributed by atoms with Crippen LogP contribution in [0.5, 0.6) is 0 Å². The van der Waals surface area contributed by atoms with Crippen LogP contribution in [0.25, 0.3) is 0 Å². The van der Waals surface area contributed by atoms with Crippen molar-refractivity contribution in [3.63, 3.8) is 0 Å². The highest BCUT2D eigenvalue weighted by atomic mass is 16.5. The van der Waals surface area contributed by atoms with E-state index in [9.17, 15) is 0 Å². The predicted octanol–water partition coefficient (Wildman–Crippen LogP) is 3.61. The number of ether oxygens (including phenoxy) is 1. The van der Waals surface area contributed by atoms with Crippen LogP contribution >= 0.6 is 0 Å². The Morgan fingerprint density at radius 3 is 3.00 bits per heavy atom. The van der Waals surface area contributed by atoms with E-state index in [0.717, 1.165) is 37.0 Å². The predicted molar refractivity (Wildman–Crippen MR) is 74.6 cm³/mol. The smallest absolute Gasteiger partial charge is 0.126 e. The van der Waals surface area contributed by atoms with Crippen LogP contribution in [-0.2, 0) is 11.3 Å². The van der Waals surface area contributed by atoms with E-state index in [1.54, 1.807) is 0 Å². The summed E-state index contributed by atoms with van der Waals surface area (Å²) in [6.45, 7) is 4.63. The summed E-state index contributed by atoms with van der Waals surface area (Å²) in [5.41, 5.74) is 1.02. The molecule has 0 spiro atoms. The normalized spacial score (nSPS) is 15.4. The van der Waals surface area contributed by atoms with E-state index in [1.165, 1.54) is 25.7 Å². The maximum absolute atomic E-state index is 5.70. The molecule has 1 N–H and O–H groups in total. The zero-order valence-electron chi connectivity index (χ0n) is 11.3. The molecule has 0 radical (unpaired) electrons. The van der Waals surface area contributed by atoms with Gasteiger partial charge < -0.3 is 10.1 Å². The van der Waals surface area contributed by atoms with Gasteiger partial charge in [-0.05, 0) is 30.9 Å². The molecule has 1 aliphatic rings. The highest BCUT2D eigenvalue weighted by molar-refractivity contribution is 5.34. The van der Waals surface area contributed by atoms with Crippen molar-refractivity contribution < 1.29 is 4.74 Å². The average Bonchev–Trinajstić information content (AvgIpc) is 2.34. The molecule has 1 aliphatic carbocycles. The lowest BCUT2D eigenvalue weighted by Gasteiger charge is -2.24. The van der Waals surface area contributed by atoms with Gasteiger partial charge in [-0.3, -0.25) is 0 Å². The number of nitrogens with one attached hydrogen (secondary N) is 1. The molecule has 1 heterocycles. The SMILES string of the molecule is CCCNc1cccc(COCCC2CCC2)n1. The molecule has 1 aromatic rings. The molecule has 1 saturated carbocycles. The maximum atomic E-state index is 5.70. The zero-order valence-corrected chi connectivity index (χ0v) is 11.3. The maximum Gasteiger partial charge on any atom is 0.126 e. The Labute approximate surface area is 110 Å². The molecular weight excluding hydrogens is 224 g/mol. The highest BCUT2D eigenvalue weighted by Crippen LogP contribution is 2.29. The largest absolute Gasteiger partial charge is 0.375 e. The zero-order chi connectivity index (χ0) is 12.6. The minimum atomic E-state index is 0.633. The lowest BCUT2D eigenvalue weighted by Crippen LogP contribution is -2.13. The van der Waals surface area contributed by atoms with Gasteiger partial charge in [0.15, 0.2) is 0 Å². The third-order valence-corrected chi connectivity index (χ3v) is 3.51. The van der Waals surface area contributed by atoms with Gasteiger partial charge in [-0.1, -0.05) is 32.3 Å². The van der Waals surface area contributed by atoms with E-state index in [0.29, 0.717) is 6.61 Å². The molecule has 0 aromatic carbocycles. The minimum Gasteiger partial charge on any atom is -0.375 e. The molecule has 18 heavy (non-hydrogen) atoms. The molecule has 0 aliphatic heterocycles. The lowest BCUT2D eigenvalue weighted by molar-refractivity contribution is 0.0930. The van der Waals surface area contributed by atoms with Gasteiger partial charge in [0.25, 0.3) is 0 Å². The van der Waals surface area contributed by atoms with Crippen molar-refractivity contribution >= 4 is 5.82 Å². The van der Waals surface area contributed by atoms with Gasteiger partial charge in [-0.2, -0.15) is 0 Å². The van der Waals surface area contributed by atoms with Crippen LogP contribution in [0, 0.1) is 5.92 Å². The fraction of sp³-hybridized carbons (Fsp3) is 0.667. The number of aromatic nitrogens is 1. The summed E-state index contributed by atoms with van der Waals surface area (Å²) >= 11 is 0. The van der Waals surface area contributed by atoms with E-state index in [1.807, 2.05) is 18.2 Å². The summed E-state index contributed by atoms with van der Waals surface area (Å²) in [5, 5.41) is 3.29. The summed E-state index contributed by atoms with van der Waals surface area (Å²) in [6.07, 6.45) is 6.55. The molecule has 1 aromatic heterocycles. The first-order valence-corrected chi connectivity index (χ1v) is 7.16. The lowest BCUT2D eigenvalue weighted by atomic mass is 9.83. The van der Waals surface area contributed by atoms with Gasteiger partial charge in [0, 0.05) is 13.2 Å². The van der Waals surface area contributed by atoms with E-state index < -0.39 is 0 Å². The molecule has 0 unspecified atom stereocenters. The van der Waals surface area contributed by atoms with Crippen LogP contribution in [0.1, 0.15) is 44.7 Å². The van der Waals surface area contributed by atoms with Crippen molar-refractivity contribution in [1.82, 2.24) is 4.98 Å². The van der Waals surface area contributed by atoms with Crippen molar-refractivity contribution in [1.29, 1.82) is 0 Å². The van der Waals surface area contributed by atoms with Crippen LogP contribution < -0.4 is 5.32 Å². The van der Waals surface area contributed by atoms with Crippen molar-refractivity contribution in [2.24, 2.45) is 5.92 Å². The molecule has 0 saturated heterocycles. The number of pyridine rings is 1. The quantitative estimate of drug-likeness (QED) is 0.714. The summed E-state index contributed by atoms with van der Waals surface area (Å²) < 4.78 is 5.70. The van der Waals surface area contributed by atoms with Crippen LogP contribution in [0.15, 0.2) is 18.2 Å². The number of hydrogen-bond acceptors (Lipinski definition) is 3. The molecule has 0 bridgehead atoms. The summed E-state index contributed by atoms with van der Waals surface area (Å²) in [6, 6.07) is 6.07. The first kappa shape index (κ1) is 13.3. The molecule has 0 amide bonds. The Bertz CT molecular complexity index is 350. The Hall–Kier alpha value is -1.09. The van der Waals surface area contributed by atoms with Gasteiger partial charge in [-0.25, -0.2) is 4.98 Å². The number of anilines is 1. The molecule has 100 valence electrons. The van der Waals surface area contributed by atoms with Crippen molar-refractivity contribution in [3.8, 4) is 0 Å². The van der Waals surface area contributed by atoms with Gasteiger partial charge in [0.05, 0.1) is 12.3 Å². The van der Waals surface area contributed by atoms with E-state index in [4.69, 9.17) is 4.74 Å². The van der Waals surface area contributed by atoms with Gasteiger partial charge >= 0.3 is 0 Å². The first-order valence-electron chi connectivity index (χ1n) is 7.16. The Morgan fingerprint density at radius 2 is 2.28 bits per heavy atom. The molecule has 3 nitrogen and oxygen atoms in total. The fourth-order valence-corrected chi connectivity index (χ4v) is 2.12. The Kier molecular flexibility index (Phi) is 5.46. The number of hydrogen-bond donors (Lipinski definition) is 1. The first-order chi connectivity index (χ1) is 8.88. The third-order valence-electron chi connectivity index (χ3n) is 3.51. The van der Waals surface area contributed by atoms with Gasteiger partial charge in [0.1, 0.15) is 5.82 Å². The van der Waals surface area contributed by atoms with Crippen LogP contribution in [0.2, 0.25) is 0 Å². The van der Waals surface area contributed by atoms with Crippen molar-refractivity contribution in [2.45, 2.75) is 45.6 Å². The third kappa shape index (κ3) is 4.30. The summed E-state index contributed by atoms with van der Waals surface area (Å²) in [5.74, 6) is 1.88. The second-order valence-electron chi connectivity index (χ2n) is 5.08. The molecular formula is C15H24N2O. The van der Waals surface area contributed by atoms with Crippen LogP contribution in [-0.4, -0.2) is 18.1 Å². The Morgan fingerprint density at radius 1 is 1.39 bits per heavy atom. The second kappa shape index (κ2) is 7.37. The summed E-state index contributed by atoms with van der Waals surface area (Å²) in [4.78, 5) is 4.52. The Balaban J connectivity index is 1.67. The monoisotopic (exact) mass is 248 g/mol. The van der Waals surface area contributed by atoms with Gasteiger partial charge in [0.2, 0.25) is 0 Å². The molecule has 3 heteroatoms. The molecule has 1 fully saturated rings. The highest BCUT2D eigenvalue weighted by Gasteiger charge is 2.16. The van der Waals surface area contributed by atoms with Crippen molar-refractivity contribution in [2.75, 3.05) is 18.5 Å². The van der Waals surface area contributed by atoms with Crippen molar-refractivity contribution in [3.05, 3.63) is 23.9 Å². The number of rotatable bonds is 8. The minimum absolute atomic E-state index is 0.633. The van der Waals surface area contributed by atoms with Gasteiger partial charge in [-0.15, -0.1) is 0 Å². The van der Waals surface area contributed by atoms with E-state index in [-0.39, 0.29) is 0 Å². The average molecular weight is 248 g/mol. The van der Waals surface area contributed by atoms with Crippen LogP contribution in [0.3, 0.4) is 0 Å². The van der Waals surface area contributed by atoms with E-state index in [2.05, 4.69) is 17.2 Å². The van der Waals surface area contributed by atoms with Crippen LogP contribution in [0.4, 0.5) is 5.82 Å². The topological polar surface area (TPSA) is 34.1 Å². The second-order valence-corrected chi connectivity index (χ2v) is 5.08. The summed E-state index contributed by atoms with van der Waals surface area (Å²) in [7, 11) is 0. The molecule has 0 atom stereocenters. The molecule has 2 rings (SSSR count). The fourth-order valence-electron chi connectivity index (χ4n) is 2.12. The van der Waals surface area contributed by atoms with E-state index >= 15 is 0 Å².